The summed E-state index contributed by atoms with van der Waals surface area (Å²) in [6, 6.07) is 19.3. The lowest BCUT2D eigenvalue weighted by Crippen LogP contribution is -2.32. The molecule has 4 rings (SSSR count). The summed E-state index contributed by atoms with van der Waals surface area (Å²) in [6.07, 6.45) is 3.47. The molecule has 165 valence electrons. The van der Waals surface area contributed by atoms with Crippen molar-refractivity contribution in [1.29, 1.82) is 0 Å². The molecule has 0 aliphatic carbocycles. The second kappa shape index (κ2) is 10.6. The summed E-state index contributed by atoms with van der Waals surface area (Å²) < 4.78 is 7.59. The number of nitrogens with one attached hydrogen (secondary N) is 2. The monoisotopic (exact) mass is 457 g/mol. The summed E-state index contributed by atoms with van der Waals surface area (Å²) >= 11 is 1.33. The van der Waals surface area contributed by atoms with Gasteiger partial charge in [-0.3, -0.25) is 9.59 Å². The van der Waals surface area contributed by atoms with Crippen molar-refractivity contribution in [2.45, 2.75) is 13.4 Å². The first kappa shape index (κ1) is 22.4. The van der Waals surface area contributed by atoms with Crippen molar-refractivity contribution in [2.75, 3.05) is 11.9 Å². The molecule has 2 aromatic carbocycles. The summed E-state index contributed by atoms with van der Waals surface area (Å²) in [6.45, 7) is 2.18. The quantitative estimate of drug-likeness (QED) is 0.371. The van der Waals surface area contributed by atoms with Gasteiger partial charge in [-0.2, -0.15) is 0 Å². The molecule has 9 heteroatoms. The Bertz CT molecular complexity index is 1240. The summed E-state index contributed by atoms with van der Waals surface area (Å²) in [5, 5.41) is 7.71. The maximum Gasteiger partial charge on any atom is 0.253 e. The Morgan fingerprint density at radius 3 is 2.76 bits per heavy atom. The standard InChI is InChI=1S/C24H22BN4O3S/c1-25-29-11-10-19(14-29)23(31)26-13-22(30)28-24-27-21(16-33-24)18-7-5-6-17(12-18)15-32-20-8-3-2-4-9-20/h2-12,14,16H,13,15H2,1H3,(H,26,31)(H,27,28,30). The molecule has 33 heavy (non-hydrogen) atoms. The van der Waals surface area contributed by atoms with Crippen molar-refractivity contribution >= 4 is 35.7 Å². The molecule has 0 aliphatic heterocycles. The molecule has 4 aromatic rings. The van der Waals surface area contributed by atoms with Crippen LogP contribution in [0.3, 0.4) is 0 Å². The predicted molar refractivity (Wildman–Crippen MR) is 131 cm³/mol. The number of amides is 2. The fourth-order valence-corrected chi connectivity index (χ4v) is 3.84. The molecule has 0 saturated heterocycles. The molecule has 0 unspecified atom stereocenters. The Labute approximate surface area is 196 Å². The third-order valence-corrected chi connectivity index (χ3v) is 5.56. The maximum atomic E-state index is 12.2. The van der Waals surface area contributed by atoms with Gasteiger partial charge in [-0.15, -0.1) is 11.3 Å². The van der Waals surface area contributed by atoms with E-state index in [-0.39, 0.29) is 18.4 Å². The molecule has 2 heterocycles. The zero-order chi connectivity index (χ0) is 23.0. The number of ether oxygens (including phenoxy) is 1. The Balaban J connectivity index is 1.31. The molecule has 0 atom stereocenters. The van der Waals surface area contributed by atoms with Crippen LogP contribution in [-0.2, 0) is 11.4 Å². The van der Waals surface area contributed by atoms with Crippen molar-refractivity contribution < 1.29 is 14.3 Å². The van der Waals surface area contributed by atoms with E-state index in [1.54, 1.807) is 22.9 Å². The summed E-state index contributed by atoms with van der Waals surface area (Å²) in [5.74, 6) is 0.172. The van der Waals surface area contributed by atoms with Crippen LogP contribution >= 0.6 is 11.3 Å². The van der Waals surface area contributed by atoms with Crippen molar-refractivity contribution in [3.05, 3.63) is 89.6 Å². The number of anilines is 1. The van der Waals surface area contributed by atoms with E-state index < -0.39 is 0 Å². The van der Waals surface area contributed by atoms with Gasteiger partial charge in [0, 0.05) is 17.1 Å². The third kappa shape index (κ3) is 6.11. The van der Waals surface area contributed by atoms with Gasteiger partial charge in [0.15, 0.2) is 5.13 Å². The van der Waals surface area contributed by atoms with Gasteiger partial charge >= 0.3 is 0 Å². The van der Waals surface area contributed by atoms with Crippen molar-refractivity contribution in [3.63, 3.8) is 0 Å². The first-order valence-electron chi connectivity index (χ1n) is 10.4. The van der Waals surface area contributed by atoms with Gasteiger partial charge in [-0.25, -0.2) is 4.98 Å². The van der Waals surface area contributed by atoms with Crippen molar-refractivity contribution in [3.8, 4) is 17.0 Å². The second-order valence-electron chi connectivity index (χ2n) is 7.18. The predicted octanol–water partition coefficient (Wildman–Crippen LogP) is 4.07. The van der Waals surface area contributed by atoms with E-state index >= 15 is 0 Å². The molecule has 0 bridgehead atoms. The van der Waals surface area contributed by atoms with Crippen LogP contribution in [0.25, 0.3) is 11.3 Å². The number of para-hydroxylation sites is 1. The molecule has 0 aliphatic rings. The van der Waals surface area contributed by atoms with Crippen LogP contribution < -0.4 is 15.4 Å². The minimum absolute atomic E-state index is 0.138. The highest BCUT2D eigenvalue weighted by Gasteiger charge is 2.12. The van der Waals surface area contributed by atoms with Crippen LogP contribution in [-0.4, -0.2) is 35.2 Å². The molecule has 7 nitrogen and oxygen atoms in total. The van der Waals surface area contributed by atoms with Gasteiger partial charge in [-0.1, -0.05) is 43.2 Å². The lowest BCUT2D eigenvalue weighted by atomic mass is 10.0. The lowest BCUT2D eigenvalue weighted by molar-refractivity contribution is -0.115. The van der Waals surface area contributed by atoms with E-state index in [1.165, 1.54) is 11.3 Å². The highest BCUT2D eigenvalue weighted by Crippen LogP contribution is 2.26. The minimum Gasteiger partial charge on any atom is -0.489 e. The number of hydrogen-bond donors (Lipinski definition) is 2. The van der Waals surface area contributed by atoms with Gasteiger partial charge in [0.25, 0.3) is 5.91 Å². The summed E-state index contributed by atoms with van der Waals surface area (Å²) in [7, 11) is 1.83. The first-order chi connectivity index (χ1) is 16.1. The number of hydrogen-bond acceptors (Lipinski definition) is 5. The number of aromatic nitrogens is 2. The Morgan fingerprint density at radius 1 is 1.12 bits per heavy atom. The first-order valence-corrected chi connectivity index (χ1v) is 11.3. The van der Waals surface area contributed by atoms with Gasteiger partial charge in [-0.05, 0) is 36.0 Å². The van der Waals surface area contributed by atoms with E-state index in [9.17, 15) is 9.59 Å². The molecule has 0 spiro atoms. The second-order valence-corrected chi connectivity index (χ2v) is 8.03. The van der Waals surface area contributed by atoms with Gasteiger partial charge in [0.1, 0.15) is 12.4 Å². The van der Waals surface area contributed by atoms with Crippen LogP contribution in [0.5, 0.6) is 5.75 Å². The largest absolute Gasteiger partial charge is 0.489 e. The number of thiazole rings is 1. The Hall–Kier alpha value is -3.85. The average Bonchev–Trinajstić information content (AvgIpc) is 3.52. The number of carbonyl (C=O) groups excluding carboxylic acids is 2. The SMILES string of the molecule is C[B]n1ccc(C(=O)NCC(=O)Nc2nc(-c3cccc(COc4ccccc4)c3)cs2)c1. The van der Waals surface area contributed by atoms with E-state index in [4.69, 9.17) is 4.74 Å². The molecule has 1 radical (unpaired) electrons. The van der Waals surface area contributed by atoms with E-state index in [0.29, 0.717) is 17.3 Å². The number of carbonyl (C=O) groups is 2. The molecule has 2 N–H and O–H groups in total. The van der Waals surface area contributed by atoms with E-state index in [0.717, 1.165) is 22.6 Å². The smallest absolute Gasteiger partial charge is 0.253 e. The van der Waals surface area contributed by atoms with Crippen molar-refractivity contribution in [1.82, 2.24) is 14.8 Å². The van der Waals surface area contributed by atoms with Crippen LogP contribution in [0.1, 0.15) is 15.9 Å². The number of rotatable bonds is 9. The fraction of sp³-hybridized carbons (Fsp3) is 0.125. The normalized spacial score (nSPS) is 10.5. The van der Waals surface area contributed by atoms with E-state index in [2.05, 4.69) is 15.6 Å². The summed E-state index contributed by atoms with van der Waals surface area (Å²) in [4.78, 5) is 28.9. The zero-order valence-electron chi connectivity index (χ0n) is 18.0. The minimum atomic E-state index is -0.337. The molecular weight excluding hydrogens is 435 g/mol. The molecular formula is C24H22BN4O3S. The molecule has 2 aromatic heterocycles. The zero-order valence-corrected chi connectivity index (χ0v) is 18.8. The number of benzene rings is 2. The van der Waals surface area contributed by atoms with E-state index in [1.807, 2.05) is 74.2 Å². The summed E-state index contributed by atoms with van der Waals surface area (Å²) in [5.41, 5.74) is 3.21. The van der Waals surface area contributed by atoms with Crippen LogP contribution in [0.15, 0.2) is 78.4 Å². The van der Waals surface area contributed by atoms with Gasteiger partial charge < -0.3 is 19.8 Å². The molecule has 0 saturated carbocycles. The van der Waals surface area contributed by atoms with Crippen LogP contribution in [0.4, 0.5) is 5.13 Å². The van der Waals surface area contributed by atoms with Crippen molar-refractivity contribution in [2.24, 2.45) is 0 Å². The van der Waals surface area contributed by atoms with Gasteiger partial charge in [0.2, 0.25) is 13.3 Å². The fourth-order valence-electron chi connectivity index (χ4n) is 3.10. The molecule has 0 fully saturated rings. The number of nitrogens with zero attached hydrogens (tertiary/aromatic N) is 2. The van der Waals surface area contributed by atoms with Gasteiger partial charge in [0.05, 0.1) is 17.8 Å². The maximum absolute atomic E-state index is 12.2. The Morgan fingerprint density at radius 2 is 1.97 bits per heavy atom. The topological polar surface area (TPSA) is 85.3 Å². The van der Waals surface area contributed by atoms with Crippen LogP contribution in [0.2, 0.25) is 6.82 Å². The third-order valence-electron chi connectivity index (χ3n) is 4.81. The average molecular weight is 457 g/mol. The highest BCUT2D eigenvalue weighted by atomic mass is 32.1. The Kier molecular flexibility index (Phi) is 7.21. The van der Waals surface area contributed by atoms with Crippen LogP contribution in [0, 0.1) is 0 Å². The lowest BCUT2D eigenvalue weighted by Gasteiger charge is -2.07. The molecule has 2 amide bonds. The highest BCUT2D eigenvalue weighted by molar-refractivity contribution is 7.14.